The normalized spacial score (nSPS) is 10.3. The second-order valence-electron chi connectivity index (χ2n) is 5.25. The summed E-state index contributed by atoms with van der Waals surface area (Å²) in [4.78, 5) is 0. The zero-order valence-electron chi connectivity index (χ0n) is 12.8. The first-order valence-electron chi connectivity index (χ1n) is 7.89. The van der Waals surface area contributed by atoms with Crippen molar-refractivity contribution in [3.05, 3.63) is 60.2 Å². The van der Waals surface area contributed by atoms with Crippen LogP contribution in [0.15, 0.2) is 54.6 Å². The molecule has 0 saturated heterocycles. The molecule has 1 N–H and O–H groups in total. The lowest BCUT2D eigenvalue weighted by Gasteiger charge is -2.08. The van der Waals surface area contributed by atoms with Crippen LogP contribution in [0.5, 0.6) is 5.75 Å². The first-order valence-corrected chi connectivity index (χ1v) is 7.89. The number of hydrogen-bond acceptors (Lipinski definition) is 2. The van der Waals surface area contributed by atoms with Crippen molar-refractivity contribution in [1.29, 1.82) is 0 Å². The average Bonchev–Trinajstić information content (AvgIpc) is 2.53. The van der Waals surface area contributed by atoms with Crippen molar-refractivity contribution in [3.8, 4) is 5.75 Å². The molecule has 0 aliphatic heterocycles. The van der Waals surface area contributed by atoms with Gasteiger partial charge in [0.2, 0.25) is 0 Å². The molecule has 0 amide bonds. The van der Waals surface area contributed by atoms with Crippen molar-refractivity contribution in [2.24, 2.45) is 0 Å². The number of benzene rings is 2. The minimum atomic E-state index is 0.815. The van der Waals surface area contributed by atoms with Gasteiger partial charge in [-0.05, 0) is 49.1 Å². The molecule has 0 bridgehead atoms. The first-order chi connectivity index (χ1) is 10.4. The van der Waals surface area contributed by atoms with Crippen molar-refractivity contribution in [1.82, 2.24) is 0 Å². The minimum absolute atomic E-state index is 0.815. The Kier molecular flexibility index (Phi) is 6.66. The standard InChI is InChI=1S/C19H25NO/c1-2-3-15-21-19-13-7-9-17(16-19)10-8-14-20-18-11-5-4-6-12-18/h4-7,9,11-13,16,20H,2-3,8,10,14-15H2,1H3. The predicted molar refractivity (Wildman–Crippen MR) is 90.1 cm³/mol. The Morgan fingerprint density at radius 1 is 0.952 bits per heavy atom. The molecule has 2 heteroatoms. The van der Waals surface area contributed by atoms with E-state index in [1.807, 2.05) is 12.1 Å². The third-order valence-electron chi connectivity index (χ3n) is 3.41. The molecule has 2 aromatic rings. The van der Waals surface area contributed by atoms with Gasteiger partial charge in [-0.25, -0.2) is 0 Å². The maximum Gasteiger partial charge on any atom is 0.119 e. The van der Waals surface area contributed by atoms with E-state index in [9.17, 15) is 0 Å². The summed E-state index contributed by atoms with van der Waals surface area (Å²) in [5, 5.41) is 3.44. The van der Waals surface area contributed by atoms with E-state index >= 15 is 0 Å². The van der Waals surface area contributed by atoms with Crippen LogP contribution < -0.4 is 10.1 Å². The monoisotopic (exact) mass is 283 g/mol. The lowest BCUT2D eigenvalue weighted by atomic mass is 10.1. The van der Waals surface area contributed by atoms with Crippen LogP contribution in [-0.4, -0.2) is 13.2 Å². The van der Waals surface area contributed by atoms with E-state index in [1.165, 1.54) is 17.7 Å². The molecule has 0 atom stereocenters. The molecule has 21 heavy (non-hydrogen) atoms. The van der Waals surface area contributed by atoms with Gasteiger partial charge in [0.1, 0.15) is 5.75 Å². The van der Waals surface area contributed by atoms with Crippen LogP contribution in [0.2, 0.25) is 0 Å². The fourth-order valence-corrected chi connectivity index (χ4v) is 2.21. The molecule has 2 aromatic carbocycles. The number of hydrogen-bond donors (Lipinski definition) is 1. The number of unbranched alkanes of at least 4 members (excludes halogenated alkanes) is 1. The lowest BCUT2D eigenvalue weighted by Crippen LogP contribution is -2.03. The van der Waals surface area contributed by atoms with Gasteiger partial charge in [0.25, 0.3) is 0 Å². The summed E-state index contributed by atoms with van der Waals surface area (Å²) in [5.41, 5.74) is 2.54. The predicted octanol–water partition coefficient (Wildman–Crippen LogP) is 4.91. The molecule has 0 radical (unpaired) electrons. The SMILES string of the molecule is CCCCOc1cccc(CCCNc2ccccc2)c1. The highest BCUT2D eigenvalue weighted by atomic mass is 16.5. The minimum Gasteiger partial charge on any atom is -0.494 e. The Bertz CT molecular complexity index is 510. The van der Waals surface area contributed by atoms with Gasteiger partial charge >= 0.3 is 0 Å². The van der Waals surface area contributed by atoms with Crippen LogP contribution >= 0.6 is 0 Å². The molecule has 2 nitrogen and oxygen atoms in total. The number of ether oxygens (including phenoxy) is 1. The van der Waals surface area contributed by atoms with Crippen molar-refractivity contribution in [3.63, 3.8) is 0 Å². The smallest absolute Gasteiger partial charge is 0.119 e. The summed E-state index contributed by atoms with van der Waals surface area (Å²) < 4.78 is 5.75. The molecular weight excluding hydrogens is 258 g/mol. The van der Waals surface area contributed by atoms with Crippen LogP contribution in [0, 0.1) is 0 Å². The van der Waals surface area contributed by atoms with E-state index in [0.29, 0.717) is 0 Å². The van der Waals surface area contributed by atoms with E-state index in [0.717, 1.165) is 38.2 Å². The molecule has 0 aliphatic carbocycles. The fourth-order valence-electron chi connectivity index (χ4n) is 2.21. The molecule has 0 unspecified atom stereocenters. The number of para-hydroxylation sites is 1. The molecule has 0 spiro atoms. The van der Waals surface area contributed by atoms with Gasteiger partial charge < -0.3 is 10.1 Å². The van der Waals surface area contributed by atoms with Gasteiger partial charge in [-0.1, -0.05) is 43.7 Å². The summed E-state index contributed by atoms with van der Waals surface area (Å²) in [7, 11) is 0. The van der Waals surface area contributed by atoms with Crippen molar-refractivity contribution >= 4 is 5.69 Å². The van der Waals surface area contributed by atoms with Crippen LogP contribution in [0.25, 0.3) is 0 Å². The molecule has 2 rings (SSSR count). The van der Waals surface area contributed by atoms with Gasteiger partial charge in [0.05, 0.1) is 6.61 Å². The van der Waals surface area contributed by atoms with E-state index in [1.54, 1.807) is 0 Å². The van der Waals surface area contributed by atoms with Gasteiger partial charge in [0, 0.05) is 12.2 Å². The summed E-state index contributed by atoms with van der Waals surface area (Å²) in [6.45, 7) is 3.99. The zero-order chi connectivity index (χ0) is 14.8. The van der Waals surface area contributed by atoms with Crippen LogP contribution in [0.3, 0.4) is 0 Å². The van der Waals surface area contributed by atoms with E-state index in [4.69, 9.17) is 4.74 Å². The Hall–Kier alpha value is -1.96. The Morgan fingerprint density at radius 3 is 2.62 bits per heavy atom. The average molecular weight is 283 g/mol. The second-order valence-corrected chi connectivity index (χ2v) is 5.25. The van der Waals surface area contributed by atoms with E-state index in [2.05, 4.69) is 54.7 Å². The molecule has 0 aliphatic rings. The Balaban J connectivity index is 1.71. The van der Waals surface area contributed by atoms with E-state index < -0.39 is 0 Å². The fraction of sp³-hybridized carbons (Fsp3) is 0.368. The summed E-state index contributed by atoms with van der Waals surface area (Å²) >= 11 is 0. The van der Waals surface area contributed by atoms with Gasteiger partial charge in [-0.3, -0.25) is 0 Å². The number of rotatable bonds is 9. The van der Waals surface area contributed by atoms with Crippen molar-refractivity contribution in [2.75, 3.05) is 18.5 Å². The maximum absolute atomic E-state index is 5.75. The maximum atomic E-state index is 5.75. The van der Waals surface area contributed by atoms with Crippen LogP contribution in [0.4, 0.5) is 5.69 Å². The summed E-state index contributed by atoms with van der Waals surface area (Å²) in [6.07, 6.45) is 4.48. The van der Waals surface area contributed by atoms with Crippen LogP contribution in [0.1, 0.15) is 31.7 Å². The van der Waals surface area contributed by atoms with E-state index in [-0.39, 0.29) is 0 Å². The lowest BCUT2D eigenvalue weighted by molar-refractivity contribution is 0.309. The highest BCUT2D eigenvalue weighted by Crippen LogP contribution is 2.15. The quantitative estimate of drug-likeness (QED) is 0.660. The summed E-state index contributed by atoms with van der Waals surface area (Å²) in [6, 6.07) is 18.8. The first kappa shape index (κ1) is 15.4. The molecule has 0 fully saturated rings. The molecule has 0 heterocycles. The molecule has 0 saturated carbocycles. The van der Waals surface area contributed by atoms with Crippen LogP contribution in [-0.2, 0) is 6.42 Å². The molecular formula is C19H25NO. The van der Waals surface area contributed by atoms with Gasteiger partial charge in [-0.15, -0.1) is 0 Å². The molecule has 112 valence electrons. The number of nitrogens with one attached hydrogen (secondary N) is 1. The van der Waals surface area contributed by atoms with Gasteiger partial charge in [-0.2, -0.15) is 0 Å². The zero-order valence-corrected chi connectivity index (χ0v) is 12.8. The third-order valence-corrected chi connectivity index (χ3v) is 3.41. The topological polar surface area (TPSA) is 21.3 Å². The second kappa shape index (κ2) is 9.06. The largest absolute Gasteiger partial charge is 0.494 e. The van der Waals surface area contributed by atoms with Crippen molar-refractivity contribution in [2.45, 2.75) is 32.6 Å². The molecule has 0 aromatic heterocycles. The summed E-state index contributed by atoms with van der Waals surface area (Å²) in [5.74, 6) is 0.997. The third kappa shape index (κ3) is 5.90. The number of anilines is 1. The highest BCUT2D eigenvalue weighted by molar-refractivity contribution is 5.42. The highest BCUT2D eigenvalue weighted by Gasteiger charge is 1.98. The Morgan fingerprint density at radius 2 is 1.81 bits per heavy atom. The van der Waals surface area contributed by atoms with Gasteiger partial charge in [0.15, 0.2) is 0 Å². The Labute approximate surface area is 128 Å². The van der Waals surface area contributed by atoms with Crippen molar-refractivity contribution < 1.29 is 4.74 Å². The number of aryl methyl sites for hydroxylation is 1.